The highest BCUT2D eigenvalue weighted by Crippen LogP contribution is 2.64. The fourth-order valence-corrected chi connectivity index (χ4v) is 5.28. The first-order valence-corrected chi connectivity index (χ1v) is 12.7. The van der Waals surface area contributed by atoms with Crippen molar-refractivity contribution in [2.45, 2.75) is 59.0 Å². The SMILES string of the molecule is CC(C)(C)OC(=O)N1CC2(CC2)[C@@](C)(Cc2ccc(OCCc3noc(-c4ccccc4)n3)cc2)C1. The van der Waals surface area contributed by atoms with Crippen LogP contribution in [0, 0.1) is 10.8 Å². The van der Waals surface area contributed by atoms with E-state index in [-0.39, 0.29) is 16.9 Å². The summed E-state index contributed by atoms with van der Waals surface area (Å²) in [5.41, 5.74) is 1.94. The Labute approximate surface area is 212 Å². The third-order valence-electron chi connectivity index (χ3n) is 7.42. The molecule has 190 valence electrons. The second-order valence-corrected chi connectivity index (χ2v) is 11.5. The van der Waals surface area contributed by atoms with E-state index in [4.69, 9.17) is 14.0 Å². The summed E-state index contributed by atoms with van der Waals surface area (Å²) in [7, 11) is 0. The highest BCUT2D eigenvalue weighted by atomic mass is 16.6. The van der Waals surface area contributed by atoms with Crippen LogP contribution in [0.15, 0.2) is 59.1 Å². The fourth-order valence-electron chi connectivity index (χ4n) is 5.28. The number of hydrogen-bond donors (Lipinski definition) is 0. The van der Waals surface area contributed by atoms with Gasteiger partial charge < -0.3 is 18.9 Å². The lowest BCUT2D eigenvalue weighted by Crippen LogP contribution is -2.36. The molecule has 1 saturated carbocycles. The van der Waals surface area contributed by atoms with Gasteiger partial charge in [-0.3, -0.25) is 0 Å². The molecule has 5 rings (SSSR count). The van der Waals surface area contributed by atoms with Crippen LogP contribution >= 0.6 is 0 Å². The number of likely N-dealkylation sites (tertiary alicyclic amines) is 1. The molecular weight excluding hydrogens is 454 g/mol. The Balaban J connectivity index is 1.14. The predicted molar refractivity (Wildman–Crippen MR) is 137 cm³/mol. The van der Waals surface area contributed by atoms with Crippen LogP contribution in [0.25, 0.3) is 11.5 Å². The number of rotatable bonds is 7. The van der Waals surface area contributed by atoms with Crippen LogP contribution in [0.4, 0.5) is 4.79 Å². The van der Waals surface area contributed by atoms with E-state index in [1.165, 1.54) is 18.4 Å². The van der Waals surface area contributed by atoms with Crippen LogP contribution in [0.5, 0.6) is 5.75 Å². The number of aromatic nitrogens is 2. The zero-order valence-electron chi connectivity index (χ0n) is 21.6. The van der Waals surface area contributed by atoms with Crippen molar-refractivity contribution in [2.75, 3.05) is 19.7 Å². The van der Waals surface area contributed by atoms with Crippen LogP contribution < -0.4 is 4.74 Å². The second kappa shape index (κ2) is 9.26. The monoisotopic (exact) mass is 489 g/mol. The summed E-state index contributed by atoms with van der Waals surface area (Å²) in [5, 5.41) is 4.06. The van der Waals surface area contributed by atoms with Crippen molar-refractivity contribution in [1.82, 2.24) is 15.0 Å². The number of ether oxygens (including phenoxy) is 2. The van der Waals surface area contributed by atoms with E-state index in [0.29, 0.717) is 24.7 Å². The van der Waals surface area contributed by atoms with E-state index in [1.807, 2.05) is 68.1 Å². The highest BCUT2D eigenvalue weighted by Gasteiger charge is 2.62. The van der Waals surface area contributed by atoms with Gasteiger partial charge in [0.05, 0.1) is 6.61 Å². The first-order chi connectivity index (χ1) is 17.1. The van der Waals surface area contributed by atoms with E-state index in [0.717, 1.165) is 30.8 Å². The summed E-state index contributed by atoms with van der Waals surface area (Å²) < 4.78 is 16.9. The van der Waals surface area contributed by atoms with Crippen LogP contribution in [0.3, 0.4) is 0 Å². The molecule has 1 aromatic heterocycles. The number of carbonyl (C=O) groups excluding carboxylic acids is 1. The van der Waals surface area contributed by atoms with Crippen molar-refractivity contribution in [1.29, 1.82) is 0 Å². The molecule has 1 atom stereocenters. The van der Waals surface area contributed by atoms with Gasteiger partial charge in [0.1, 0.15) is 11.4 Å². The zero-order chi connectivity index (χ0) is 25.4. The van der Waals surface area contributed by atoms with Crippen LogP contribution in [0.1, 0.15) is 51.9 Å². The number of hydrogen-bond acceptors (Lipinski definition) is 6. The summed E-state index contributed by atoms with van der Waals surface area (Å²) in [6, 6.07) is 18.0. The molecule has 1 aliphatic heterocycles. The first kappa shape index (κ1) is 24.3. The van der Waals surface area contributed by atoms with Gasteiger partial charge in [-0.15, -0.1) is 0 Å². The van der Waals surface area contributed by atoms with Crippen LogP contribution in [-0.2, 0) is 17.6 Å². The molecule has 1 spiro atoms. The van der Waals surface area contributed by atoms with Crippen LogP contribution in [-0.4, -0.2) is 46.4 Å². The quantitative estimate of drug-likeness (QED) is 0.409. The third-order valence-corrected chi connectivity index (χ3v) is 7.42. The lowest BCUT2D eigenvalue weighted by Gasteiger charge is -2.31. The summed E-state index contributed by atoms with van der Waals surface area (Å²) in [5.74, 6) is 1.97. The molecule has 2 aliphatic rings. The maximum atomic E-state index is 12.7. The van der Waals surface area contributed by atoms with E-state index < -0.39 is 5.60 Å². The normalized spacial score (nSPS) is 20.5. The van der Waals surface area contributed by atoms with Gasteiger partial charge in [0.15, 0.2) is 5.82 Å². The maximum Gasteiger partial charge on any atom is 0.410 e. The smallest absolute Gasteiger partial charge is 0.410 e. The molecule has 0 unspecified atom stereocenters. The van der Waals surface area contributed by atoms with Gasteiger partial charge in [-0.05, 0) is 80.7 Å². The number of carbonyl (C=O) groups is 1. The Morgan fingerprint density at radius 2 is 1.78 bits per heavy atom. The van der Waals surface area contributed by atoms with E-state index in [2.05, 4.69) is 29.2 Å². The van der Waals surface area contributed by atoms with E-state index in [9.17, 15) is 4.79 Å². The molecule has 0 radical (unpaired) electrons. The number of benzene rings is 2. The molecule has 7 nitrogen and oxygen atoms in total. The van der Waals surface area contributed by atoms with Crippen LogP contribution in [0.2, 0.25) is 0 Å². The van der Waals surface area contributed by atoms with Gasteiger partial charge in [0, 0.05) is 25.1 Å². The van der Waals surface area contributed by atoms with Crippen molar-refractivity contribution < 1.29 is 18.8 Å². The fraction of sp³-hybridized carbons (Fsp3) is 0.483. The van der Waals surface area contributed by atoms with Gasteiger partial charge in [-0.2, -0.15) is 4.98 Å². The Bertz CT molecular complexity index is 1200. The van der Waals surface area contributed by atoms with Crippen molar-refractivity contribution in [3.05, 3.63) is 66.0 Å². The Morgan fingerprint density at radius 1 is 1.06 bits per heavy atom. The number of nitrogens with zero attached hydrogens (tertiary/aromatic N) is 3. The lowest BCUT2D eigenvalue weighted by molar-refractivity contribution is 0.0274. The average Bonchev–Trinajstić information content (AvgIpc) is 3.38. The van der Waals surface area contributed by atoms with Crippen molar-refractivity contribution in [2.24, 2.45) is 10.8 Å². The number of amides is 1. The maximum absolute atomic E-state index is 12.7. The summed E-state index contributed by atoms with van der Waals surface area (Å²) in [4.78, 5) is 19.1. The van der Waals surface area contributed by atoms with Gasteiger partial charge in [0.25, 0.3) is 5.89 Å². The van der Waals surface area contributed by atoms with Gasteiger partial charge >= 0.3 is 6.09 Å². The summed E-state index contributed by atoms with van der Waals surface area (Å²) >= 11 is 0. The van der Waals surface area contributed by atoms with Gasteiger partial charge in [-0.1, -0.05) is 42.4 Å². The average molecular weight is 490 g/mol. The van der Waals surface area contributed by atoms with Gasteiger partial charge in [-0.25, -0.2) is 4.79 Å². The third kappa shape index (κ3) is 5.25. The molecular formula is C29H35N3O4. The Morgan fingerprint density at radius 3 is 2.44 bits per heavy atom. The largest absolute Gasteiger partial charge is 0.493 e. The molecule has 2 heterocycles. The Hall–Kier alpha value is -3.35. The minimum atomic E-state index is -0.476. The molecule has 2 aromatic carbocycles. The molecule has 1 saturated heterocycles. The van der Waals surface area contributed by atoms with Gasteiger partial charge in [0.2, 0.25) is 0 Å². The summed E-state index contributed by atoms with van der Waals surface area (Å²) in [6.07, 6.45) is 3.65. The molecule has 1 amide bonds. The molecule has 2 fully saturated rings. The molecule has 1 aliphatic carbocycles. The van der Waals surface area contributed by atoms with Crippen molar-refractivity contribution in [3.8, 4) is 17.2 Å². The minimum Gasteiger partial charge on any atom is -0.493 e. The first-order valence-electron chi connectivity index (χ1n) is 12.7. The highest BCUT2D eigenvalue weighted by molar-refractivity contribution is 5.69. The molecule has 7 heteroatoms. The zero-order valence-corrected chi connectivity index (χ0v) is 21.6. The minimum absolute atomic E-state index is 0.0430. The molecule has 3 aromatic rings. The lowest BCUT2D eigenvalue weighted by atomic mass is 9.73. The topological polar surface area (TPSA) is 77.7 Å². The molecule has 0 N–H and O–H groups in total. The van der Waals surface area contributed by atoms with E-state index in [1.54, 1.807) is 0 Å². The standard InChI is InChI=1S/C29H35N3O4/c1-27(2,3)35-26(33)32-19-28(4,29(20-32)15-16-29)18-21-10-12-23(13-11-21)34-17-14-24-30-25(36-31-24)22-8-6-5-7-9-22/h5-13H,14-20H2,1-4H3/t28-/m0/s1. The van der Waals surface area contributed by atoms with E-state index >= 15 is 0 Å². The van der Waals surface area contributed by atoms with Crippen molar-refractivity contribution >= 4 is 6.09 Å². The molecule has 36 heavy (non-hydrogen) atoms. The summed E-state index contributed by atoms with van der Waals surface area (Å²) in [6.45, 7) is 10.1. The molecule has 0 bridgehead atoms. The second-order valence-electron chi connectivity index (χ2n) is 11.5. The Kier molecular flexibility index (Phi) is 6.27. The predicted octanol–water partition coefficient (Wildman–Crippen LogP) is 5.94. The van der Waals surface area contributed by atoms with Crippen molar-refractivity contribution in [3.63, 3.8) is 0 Å².